The van der Waals surface area contributed by atoms with Crippen LogP contribution in [0.2, 0.25) is 0 Å². The molecular weight excluding hydrogens is 318 g/mol. The molecule has 1 aromatic rings. The van der Waals surface area contributed by atoms with Crippen LogP contribution in [0.25, 0.3) is 0 Å². The molecule has 25 heavy (non-hydrogen) atoms. The number of hydrogen-bond acceptors (Lipinski definition) is 4. The van der Waals surface area contributed by atoms with Crippen LogP contribution in [0.3, 0.4) is 0 Å². The van der Waals surface area contributed by atoms with Gasteiger partial charge >= 0.3 is 6.03 Å². The Balaban J connectivity index is 1.42. The molecule has 2 heterocycles. The van der Waals surface area contributed by atoms with E-state index in [1.165, 1.54) is 5.56 Å². The third-order valence-corrected chi connectivity index (χ3v) is 5.02. The van der Waals surface area contributed by atoms with Crippen molar-refractivity contribution in [1.29, 1.82) is 0 Å². The SMILES string of the molecule is CC(c1ccc(NC(=O)NCCC2CCCO2)cc1)N1CCOCC1. The molecule has 6 nitrogen and oxygen atoms in total. The second-order valence-electron chi connectivity index (χ2n) is 6.75. The Morgan fingerprint density at radius 1 is 1.24 bits per heavy atom. The Bertz CT molecular complexity index is 537. The smallest absolute Gasteiger partial charge is 0.319 e. The second kappa shape index (κ2) is 9.17. The van der Waals surface area contributed by atoms with Gasteiger partial charge in [-0.3, -0.25) is 4.90 Å². The molecule has 0 saturated carbocycles. The first kappa shape index (κ1) is 18.2. The van der Waals surface area contributed by atoms with Crippen LogP contribution in [0, 0.1) is 0 Å². The number of nitrogens with one attached hydrogen (secondary N) is 2. The first-order chi connectivity index (χ1) is 12.2. The molecule has 3 rings (SSSR count). The number of nitrogens with zero attached hydrogens (tertiary/aromatic N) is 1. The zero-order valence-electron chi connectivity index (χ0n) is 15.0. The minimum absolute atomic E-state index is 0.160. The van der Waals surface area contributed by atoms with Crippen LogP contribution < -0.4 is 10.6 Å². The number of amides is 2. The monoisotopic (exact) mass is 347 g/mol. The molecule has 0 aliphatic carbocycles. The Hall–Kier alpha value is -1.63. The maximum absolute atomic E-state index is 12.0. The van der Waals surface area contributed by atoms with Crippen molar-refractivity contribution < 1.29 is 14.3 Å². The number of carbonyl (C=O) groups excluding carboxylic acids is 1. The van der Waals surface area contributed by atoms with Gasteiger partial charge in [0.2, 0.25) is 0 Å². The summed E-state index contributed by atoms with van der Waals surface area (Å²) in [5.74, 6) is 0. The van der Waals surface area contributed by atoms with Crippen molar-refractivity contribution in [3.05, 3.63) is 29.8 Å². The van der Waals surface area contributed by atoms with Gasteiger partial charge in [0.15, 0.2) is 0 Å². The first-order valence-corrected chi connectivity index (χ1v) is 9.30. The Labute approximate surface area is 149 Å². The summed E-state index contributed by atoms with van der Waals surface area (Å²) in [6.07, 6.45) is 3.42. The highest BCUT2D eigenvalue weighted by Crippen LogP contribution is 2.22. The number of urea groups is 1. The lowest BCUT2D eigenvalue weighted by Crippen LogP contribution is -2.38. The van der Waals surface area contributed by atoms with Gasteiger partial charge in [0.25, 0.3) is 0 Å². The summed E-state index contributed by atoms with van der Waals surface area (Å²) < 4.78 is 11.0. The third kappa shape index (κ3) is 5.42. The summed E-state index contributed by atoms with van der Waals surface area (Å²) in [6, 6.07) is 8.30. The van der Waals surface area contributed by atoms with Crippen LogP contribution >= 0.6 is 0 Å². The van der Waals surface area contributed by atoms with Gasteiger partial charge < -0.3 is 20.1 Å². The third-order valence-electron chi connectivity index (χ3n) is 5.02. The highest BCUT2D eigenvalue weighted by atomic mass is 16.5. The molecule has 2 saturated heterocycles. The van der Waals surface area contributed by atoms with E-state index in [0.29, 0.717) is 18.7 Å². The molecule has 0 radical (unpaired) electrons. The summed E-state index contributed by atoms with van der Waals surface area (Å²) in [5, 5.41) is 5.78. The van der Waals surface area contributed by atoms with Crippen molar-refractivity contribution in [3.8, 4) is 0 Å². The van der Waals surface area contributed by atoms with E-state index in [-0.39, 0.29) is 6.03 Å². The van der Waals surface area contributed by atoms with Gasteiger partial charge in [0.05, 0.1) is 19.3 Å². The molecule has 2 amide bonds. The number of ether oxygens (including phenoxy) is 2. The van der Waals surface area contributed by atoms with E-state index >= 15 is 0 Å². The summed E-state index contributed by atoms with van der Waals surface area (Å²) in [7, 11) is 0. The zero-order valence-corrected chi connectivity index (χ0v) is 15.0. The maximum Gasteiger partial charge on any atom is 0.319 e. The quantitative estimate of drug-likeness (QED) is 0.831. The molecule has 2 unspecified atom stereocenters. The molecule has 0 bridgehead atoms. The number of morpholine rings is 1. The van der Waals surface area contributed by atoms with E-state index in [9.17, 15) is 4.79 Å². The van der Waals surface area contributed by atoms with Gasteiger partial charge in [0, 0.05) is 38.0 Å². The van der Waals surface area contributed by atoms with E-state index in [1.807, 2.05) is 12.1 Å². The van der Waals surface area contributed by atoms with Crippen molar-refractivity contribution in [2.45, 2.75) is 38.3 Å². The highest BCUT2D eigenvalue weighted by Gasteiger charge is 2.18. The number of benzene rings is 1. The van der Waals surface area contributed by atoms with E-state index < -0.39 is 0 Å². The summed E-state index contributed by atoms with van der Waals surface area (Å²) in [4.78, 5) is 14.4. The maximum atomic E-state index is 12.0. The van der Waals surface area contributed by atoms with E-state index in [4.69, 9.17) is 9.47 Å². The van der Waals surface area contributed by atoms with Gasteiger partial charge in [-0.2, -0.15) is 0 Å². The molecule has 6 heteroatoms. The van der Waals surface area contributed by atoms with E-state index in [2.05, 4.69) is 34.6 Å². The van der Waals surface area contributed by atoms with Crippen LogP contribution in [-0.2, 0) is 9.47 Å². The minimum atomic E-state index is -0.160. The lowest BCUT2D eigenvalue weighted by atomic mass is 10.1. The van der Waals surface area contributed by atoms with Crippen molar-refractivity contribution in [2.75, 3.05) is 44.8 Å². The molecule has 1 aromatic carbocycles. The Morgan fingerprint density at radius 3 is 2.68 bits per heavy atom. The molecule has 2 atom stereocenters. The number of carbonyl (C=O) groups is 1. The molecule has 0 aromatic heterocycles. The lowest BCUT2D eigenvalue weighted by Gasteiger charge is -2.32. The number of anilines is 1. The fraction of sp³-hybridized carbons (Fsp3) is 0.632. The molecule has 2 aliphatic rings. The minimum Gasteiger partial charge on any atom is -0.379 e. The van der Waals surface area contributed by atoms with Gasteiger partial charge in [-0.15, -0.1) is 0 Å². The summed E-state index contributed by atoms with van der Waals surface area (Å²) in [6.45, 7) is 7.24. The standard InChI is InChI=1S/C19H29N3O3/c1-15(22-10-13-24-14-11-22)16-4-6-17(7-5-16)21-19(23)20-9-8-18-3-2-12-25-18/h4-7,15,18H,2-3,8-14H2,1H3,(H2,20,21,23). The predicted molar refractivity (Wildman–Crippen MR) is 97.9 cm³/mol. The average molecular weight is 347 g/mol. The molecule has 2 aliphatic heterocycles. The van der Waals surface area contributed by atoms with E-state index in [1.54, 1.807) is 0 Å². The lowest BCUT2D eigenvalue weighted by molar-refractivity contribution is 0.0198. The van der Waals surface area contributed by atoms with Gasteiger partial charge in [-0.05, 0) is 43.9 Å². The van der Waals surface area contributed by atoms with Crippen LogP contribution in [0.4, 0.5) is 10.5 Å². The first-order valence-electron chi connectivity index (χ1n) is 9.30. The fourth-order valence-electron chi connectivity index (χ4n) is 3.41. The van der Waals surface area contributed by atoms with Crippen LogP contribution in [0.5, 0.6) is 0 Å². The van der Waals surface area contributed by atoms with Crippen molar-refractivity contribution in [2.24, 2.45) is 0 Å². The molecular formula is C19H29N3O3. The summed E-state index contributed by atoms with van der Waals surface area (Å²) in [5.41, 5.74) is 2.07. The average Bonchev–Trinajstić information content (AvgIpc) is 3.16. The number of hydrogen-bond donors (Lipinski definition) is 2. The fourth-order valence-corrected chi connectivity index (χ4v) is 3.41. The van der Waals surface area contributed by atoms with Crippen molar-refractivity contribution >= 4 is 11.7 Å². The van der Waals surface area contributed by atoms with Gasteiger partial charge in [0.1, 0.15) is 0 Å². The second-order valence-corrected chi connectivity index (χ2v) is 6.75. The highest BCUT2D eigenvalue weighted by molar-refractivity contribution is 5.89. The normalized spacial score (nSPS) is 22.5. The molecule has 0 spiro atoms. The van der Waals surface area contributed by atoms with E-state index in [0.717, 1.165) is 57.9 Å². The number of rotatable bonds is 6. The van der Waals surface area contributed by atoms with Crippen LogP contribution in [0.1, 0.15) is 37.8 Å². The predicted octanol–water partition coefficient (Wildman–Crippen LogP) is 2.77. The van der Waals surface area contributed by atoms with Crippen LogP contribution in [0.15, 0.2) is 24.3 Å². The molecule has 138 valence electrons. The Morgan fingerprint density at radius 2 is 2.00 bits per heavy atom. The van der Waals surface area contributed by atoms with Gasteiger partial charge in [-0.1, -0.05) is 12.1 Å². The molecule has 2 N–H and O–H groups in total. The zero-order chi connectivity index (χ0) is 17.5. The van der Waals surface area contributed by atoms with Crippen molar-refractivity contribution in [3.63, 3.8) is 0 Å². The topological polar surface area (TPSA) is 62.8 Å². The summed E-state index contributed by atoms with van der Waals surface area (Å²) >= 11 is 0. The largest absolute Gasteiger partial charge is 0.379 e. The van der Waals surface area contributed by atoms with Gasteiger partial charge in [-0.25, -0.2) is 4.79 Å². The Kier molecular flexibility index (Phi) is 6.67. The van der Waals surface area contributed by atoms with Crippen LogP contribution in [-0.4, -0.2) is 56.5 Å². The molecule has 2 fully saturated rings. The van der Waals surface area contributed by atoms with Crippen molar-refractivity contribution in [1.82, 2.24) is 10.2 Å².